The normalized spacial score (nSPS) is 21.9. The molecule has 1 N–H and O–H groups in total. The van der Waals surface area contributed by atoms with Crippen molar-refractivity contribution in [2.45, 2.75) is 25.5 Å². The summed E-state index contributed by atoms with van der Waals surface area (Å²) in [5.74, 6) is 0.987. The van der Waals surface area contributed by atoms with Crippen LogP contribution in [-0.2, 0) is 0 Å². The summed E-state index contributed by atoms with van der Waals surface area (Å²) in [7, 11) is 1.97. The molecule has 94 valence electrons. The van der Waals surface area contributed by atoms with Crippen molar-refractivity contribution in [3.05, 3.63) is 40.9 Å². The molecule has 1 aliphatic heterocycles. The molecule has 2 aromatic rings. The SMILES string of the molecule is CCC1Oc2c(cc(Cl)c3ccccc23)C1NC. The average molecular weight is 262 g/mol. The summed E-state index contributed by atoms with van der Waals surface area (Å²) in [6.45, 7) is 2.14. The number of fused-ring (bicyclic) bond motifs is 3. The first-order valence-corrected chi connectivity index (χ1v) is 6.69. The summed E-state index contributed by atoms with van der Waals surface area (Å²) in [6, 6.07) is 10.4. The fourth-order valence-electron chi connectivity index (χ4n) is 2.77. The van der Waals surface area contributed by atoms with Crippen molar-refractivity contribution in [3.8, 4) is 5.75 Å². The Morgan fingerprint density at radius 2 is 2.00 bits per heavy atom. The summed E-state index contributed by atoms with van der Waals surface area (Å²) in [5, 5.41) is 6.29. The number of likely N-dealkylation sites (N-methyl/N-ethyl adjacent to an activating group) is 1. The molecule has 3 rings (SSSR count). The van der Waals surface area contributed by atoms with Crippen LogP contribution < -0.4 is 10.1 Å². The van der Waals surface area contributed by atoms with Crippen molar-refractivity contribution in [2.24, 2.45) is 0 Å². The molecule has 0 spiro atoms. The van der Waals surface area contributed by atoms with Crippen LogP contribution in [0, 0.1) is 0 Å². The molecular weight excluding hydrogens is 246 g/mol. The maximum absolute atomic E-state index is 6.37. The Bertz CT molecular complexity index is 596. The fraction of sp³-hybridized carbons (Fsp3) is 0.333. The molecule has 2 nitrogen and oxygen atoms in total. The Kier molecular flexibility index (Phi) is 2.92. The van der Waals surface area contributed by atoms with Gasteiger partial charge in [0.05, 0.1) is 6.04 Å². The first kappa shape index (κ1) is 11.8. The van der Waals surface area contributed by atoms with Crippen LogP contribution in [0.4, 0.5) is 0 Å². The molecular formula is C15H16ClNO. The fourth-order valence-corrected chi connectivity index (χ4v) is 3.05. The summed E-state index contributed by atoms with van der Waals surface area (Å²) in [4.78, 5) is 0. The van der Waals surface area contributed by atoms with Crippen molar-refractivity contribution in [2.75, 3.05) is 7.05 Å². The molecule has 0 aromatic heterocycles. The lowest BCUT2D eigenvalue weighted by atomic mass is 9.99. The number of benzene rings is 2. The van der Waals surface area contributed by atoms with Crippen molar-refractivity contribution in [3.63, 3.8) is 0 Å². The molecule has 0 saturated carbocycles. The van der Waals surface area contributed by atoms with Crippen LogP contribution in [0.3, 0.4) is 0 Å². The molecule has 0 saturated heterocycles. The molecule has 0 bridgehead atoms. The third kappa shape index (κ3) is 1.60. The second-order valence-corrected chi connectivity index (χ2v) is 5.06. The lowest BCUT2D eigenvalue weighted by Crippen LogP contribution is -2.27. The number of nitrogens with one attached hydrogen (secondary N) is 1. The van der Waals surface area contributed by atoms with Gasteiger partial charge in [0, 0.05) is 21.4 Å². The molecule has 0 radical (unpaired) electrons. The highest BCUT2D eigenvalue weighted by Crippen LogP contribution is 2.45. The second kappa shape index (κ2) is 4.45. The van der Waals surface area contributed by atoms with E-state index in [0.29, 0.717) is 0 Å². The zero-order valence-electron chi connectivity index (χ0n) is 10.5. The third-order valence-electron chi connectivity index (χ3n) is 3.66. The van der Waals surface area contributed by atoms with E-state index in [4.69, 9.17) is 16.3 Å². The van der Waals surface area contributed by atoms with Gasteiger partial charge in [0.1, 0.15) is 11.9 Å². The molecule has 0 aliphatic carbocycles. The second-order valence-electron chi connectivity index (χ2n) is 4.65. The third-order valence-corrected chi connectivity index (χ3v) is 3.98. The maximum atomic E-state index is 6.37. The number of halogens is 1. The van der Waals surface area contributed by atoms with E-state index in [9.17, 15) is 0 Å². The van der Waals surface area contributed by atoms with Crippen LogP contribution in [0.15, 0.2) is 30.3 Å². The molecule has 2 aromatic carbocycles. The molecule has 2 atom stereocenters. The Labute approximate surface area is 112 Å². The van der Waals surface area contributed by atoms with Crippen LogP contribution in [0.5, 0.6) is 5.75 Å². The Morgan fingerprint density at radius 3 is 2.67 bits per heavy atom. The van der Waals surface area contributed by atoms with Gasteiger partial charge in [-0.15, -0.1) is 0 Å². The van der Waals surface area contributed by atoms with E-state index in [2.05, 4.69) is 18.3 Å². The largest absolute Gasteiger partial charge is 0.487 e. The summed E-state index contributed by atoms with van der Waals surface area (Å²) in [5.41, 5.74) is 1.17. The minimum atomic E-state index is 0.187. The van der Waals surface area contributed by atoms with Crippen LogP contribution in [0.1, 0.15) is 24.9 Å². The zero-order chi connectivity index (χ0) is 12.7. The topological polar surface area (TPSA) is 21.3 Å². The van der Waals surface area contributed by atoms with Gasteiger partial charge >= 0.3 is 0 Å². The quantitative estimate of drug-likeness (QED) is 0.885. The van der Waals surface area contributed by atoms with Crippen molar-refractivity contribution >= 4 is 22.4 Å². The standard InChI is InChI=1S/C15H16ClNO/c1-3-13-14(17-2)11-8-12(16)9-6-4-5-7-10(9)15(11)18-13/h4-8,13-14,17H,3H2,1-2H3. The van der Waals surface area contributed by atoms with Crippen LogP contribution in [-0.4, -0.2) is 13.2 Å². The smallest absolute Gasteiger partial charge is 0.132 e. The Morgan fingerprint density at radius 1 is 1.28 bits per heavy atom. The van der Waals surface area contributed by atoms with Crippen LogP contribution >= 0.6 is 11.6 Å². The van der Waals surface area contributed by atoms with E-state index in [-0.39, 0.29) is 12.1 Å². The minimum Gasteiger partial charge on any atom is -0.487 e. The van der Waals surface area contributed by atoms with Gasteiger partial charge in [-0.2, -0.15) is 0 Å². The highest BCUT2D eigenvalue weighted by molar-refractivity contribution is 6.36. The van der Waals surface area contributed by atoms with Crippen molar-refractivity contribution < 1.29 is 4.74 Å². The molecule has 0 fully saturated rings. The maximum Gasteiger partial charge on any atom is 0.132 e. The number of rotatable bonds is 2. The van der Waals surface area contributed by atoms with Gasteiger partial charge in [0.2, 0.25) is 0 Å². The van der Waals surface area contributed by atoms with E-state index in [0.717, 1.165) is 28.0 Å². The van der Waals surface area contributed by atoms with Crippen molar-refractivity contribution in [1.82, 2.24) is 5.32 Å². The van der Waals surface area contributed by atoms with Crippen LogP contribution in [0.25, 0.3) is 10.8 Å². The number of ether oxygens (including phenoxy) is 1. The Balaban J connectivity index is 2.27. The van der Waals surface area contributed by atoms with E-state index >= 15 is 0 Å². The molecule has 2 unspecified atom stereocenters. The predicted molar refractivity (Wildman–Crippen MR) is 75.5 cm³/mol. The predicted octanol–water partition coefficient (Wildman–Crippen LogP) is 3.92. The summed E-state index contributed by atoms with van der Waals surface area (Å²) in [6.07, 6.45) is 1.17. The van der Waals surface area contributed by atoms with Crippen molar-refractivity contribution in [1.29, 1.82) is 0 Å². The average Bonchev–Trinajstić information content (AvgIpc) is 2.77. The van der Waals surface area contributed by atoms with Gasteiger partial charge in [-0.1, -0.05) is 42.8 Å². The zero-order valence-corrected chi connectivity index (χ0v) is 11.3. The summed E-state index contributed by atoms with van der Waals surface area (Å²) >= 11 is 6.37. The minimum absolute atomic E-state index is 0.187. The molecule has 1 heterocycles. The van der Waals surface area contributed by atoms with Crippen LogP contribution in [0.2, 0.25) is 5.02 Å². The molecule has 3 heteroatoms. The summed E-state index contributed by atoms with van der Waals surface area (Å²) < 4.78 is 6.11. The number of hydrogen-bond donors (Lipinski definition) is 1. The monoisotopic (exact) mass is 261 g/mol. The van der Waals surface area contributed by atoms with E-state index in [1.54, 1.807) is 0 Å². The first-order chi connectivity index (χ1) is 8.76. The Hall–Kier alpha value is -1.25. The molecule has 0 amide bonds. The molecule has 18 heavy (non-hydrogen) atoms. The van der Waals surface area contributed by atoms with E-state index in [1.165, 1.54) is 5.56 Å². The van der Waals surface area contributed by atoms with Gasteiger partial charge in [-0.3, -0.25) is 0 Å². The lowest BCUT2D eigenvalue weighted by Gasteiger charge is -2.16. The highest BCUT2D eigenvalue weighted by atomic mass is 35.5. The molecule has 1 aliphatic rings. The van der Waals surface area contributed by atoms with Gasteiger partial charge < -0.3 is 10.1 Å². The highest BCUT2D eigenvalue weighted by Gasteiger charge is 2.33. The first-order valence-electron chi connectivity index (χ1n) is 6.31. The van der Waals surface area contributed by atoms with E-state index in [1.807, 2.05) is 31.3 Å². The lowest BCUT2D eigenvalue weighted by molar-refractivity contribution is 0.191. The van der Waals surface area contributed by atoms with E-state index < -0.39 is 0 Å². The number of hydrogen-bond acceptors (Lipinski definition) is 2. The van der Waals surface area contributed by atoms with Gasteiger partial charge in [-0.25, -0.2) is 0 Å². The van der Waals surface area contributed by atoms with Gasteiger partial charge in [0.25, 0.3) is 0 Å². The van der Waals surface area contributed by atoms with Gasteiger partial charge in [-0.05, 0) is 19.5 Å². The van der Waals surface area contributed by atoms with Gasteiger partial charge in [0.15, 0.2) is 0 Å².